The van der Waals surface area contributed by atoms with Crippen molar-refractivity contribution in [1.29, 1.82) is 0 Å². The topological polar surface area (TPSA) is 35.5 Å². The normalized spacial score (nSPS) is 57.2. The molecule has 0 N–H and O–H groups in total. The zero-order chi connectivity index (χ0) is 11.9. The van der Waals surface area contributed by atoms with Gasteiger partial charge in [0.15, 0.2) is 0 Å². The third kappa shape index (κ3) is 1.06. The Hall–Kier alpha value is -0.311. The van der Waals surface area contributed by atoms with E-state index in [-0.39, 0.29) is 5.97 Å². The molecule has 0 radical (unpaired) electrons. The third-order valence-corrected chi connectivity index (χ3v) is 10.9. The zero-order valence-corrected chi connectivity index (χ0v) is 12.0. The quantitative estimate of drug-likeness (QED) is 0.644. The van der Waals surface area contributed by atoms with Crippen LogP contribution in [0.3, 0.4) is 0 Å². The van der Waals surface area contributed by atoms with Gasteiger partial charge in [-0.15, -0.1) is 0 Å². The standard InChI is InChI=1S/C13H18O3Se/c1-12(2)9-3-5-13(12)8-17(15-10(13)7-9)6-4-11(14)16-17/h4,6,9-10H,3,5,7-8H2,1-2H3. The molecule has 4 aliphatic rings. The Balaban J connectivity index is 1.75. The molecule has 3 fully saturated rings. The molecule has 2 saturated carbocycles. The molecule has 4 atom stereocenters. The third-order valence-electron chi connectivity index (χ3n) is 5.73. The van der Waals surface area contributed by atoms with Crippen LogP contribution in [-0.2, 0) is 12.4 Å². The van der Waals surface area contributed by atoms with Crippen LogP contribution in [0.2, 0.25) is 5.32 Å². The van der Waals surface area contributed by atoms with Crippen LogP contribution in [0.25, 0.3) is 0 Å². The summed E-state index contributed by atoms with van der Waals surface area (Å²) in [4.78, 5) is 13.3. The van der Waals surface area contributed by atoms with Crippen molar-refractivity contribution in [1.82, 2.24) is 0 Å². The Morgan fingerprint density at radius 2 is 2.29 bits per heavy atom. The first-order chi connectivity index (χ1) is 7.98. The number of hydrogen-bond donors (Lipinski definition) is 0. The summed E-state index contributed by atoms with van der Waals surface area (Å²) in [7, 11) is 0. The summed E-state index contributed by atoms with van der Waals surface area (Å²) < 4.78 is 11.9. The number of rotatable bonds is 0. The fraction of sp³-hybridized carbons (Fsp3) is 0.769. The first-order valence-corrected chi connectivity index (χ1v) is 9.98. The van der Waals surface area contributed by atoms with Crippen molar-refractivity contribution in [3.8, 4) is 0 Å². The van der Waals surface area contributed by atoms with Gasteiger partial charge in [0.25, 0.3) is 0 Å². The van der Waals surface area contributed by atoms with E-state index in [2.05, 4.69) is 13.8 Å². The van der Waals surface area contributed by atoms with Gasteiger partial charge in [-0.2, -0.15) is 0 Å². The Morgan fingerprint density at radius 3 is 2.88 bits per heavy atom. The molecule has 94 valence electrons. The van der Waals surface area contributed by atoms with E-state index in [1.165, 1.54) is 19.3 Å². The van der Waals surface area contributed by atoms with Crippen molar-refractivity contribution in [2.75, 3.05) is 0 Å². The van der Waals surface area contributed by atoms with Crippen LogP contribution in [-0.4, -0.2) is 25.6 Å². The summed E-state index contributed by atoms with van der Waals surface area (Å²) in [6.45, 7) is 4.79. The first-order valence-electron chi connectivity index (χ1n) is 6.38. The molecule has 2 aliphatic carbocycles. The maximum atomic E-state index is 11.3. The Kier molecular flexibility index (Phi) is 1.75. The molecule has 2 aliphatic heterocycles. The second-order valence-corrected chi connectivity index (χ2v) is 11.2. The zero-order valence-electron chi connectivity index (χ0n) is 10.3. The Bertz CT molecular complexity index is 444. The van der Waals surface area contributed by atoms with E-state index in [9.17, 15) is 4.79 Å². The van der Waals surface area contributed by atoms with Crippen molar-refractivity contribution in [2.24, 2.45) is 16.7 Å². The van der Waals surface area contributed by atoms with Gasteiger partial charge in [0.1, 0.15) is 0 Å². The fourth-order valence-corrected chi connectivity index (χ4v) is 11.1. The Labute approximate surface area is 104 Å². The molecule has 0 amide bonds. The summed E-state index contributed by atoms with van der Waals surface area (Å²) in [5.74, 6) is 0.622. The van der Waals surface area contributed by atoms with Crippen molar-refractivity contribution in [3.63, 3.8) is 0 Å². The van der Waals surface area contributed by atoms with Crippen molar-refractivity contribution < 1.29 is 12.4 Å². The summed E-state index contributed by atoms with van der Waals surface area (Å²) in [6, 6.07) is 0. The van der Waals surface area contributed by atoms with Gasteiger partial charge in [-0.3, -0.25) is 0 Å². The first kappa shape index (κ1) is 10.6. The van der Waals surface area contributed by atoms with Crippen molar-refractivity contribution in [2.45, 2.75) is 44.5 Å². The van der Waals surface area contributed by atoms with Crippen LogP contribution < -0.4 is 0 Å². The summed E-state index contributed by atoms with van der Waals surface area (Å²) in [5.41, 5.74) is 0.661. The van der Waals surface area contributed by atoms with Crippen LogP contribution in [0.5, 0.6) is 0 Å². The van der Waals surface area contributed by atoms with Crippen LogP contribution in [0, 0.1) is 16.7 Å². The van der Waals surface area contributed by atoms with Crippen LogP contribution in [0.1, 0.15) is 33.1 Å². The van der Waals surface area contributed by atoms with E-state index in [4.69, 9.17) is 7.64 Å². The minimum atomic E-state index is -2.51. The van der Waals surface area contributed by atoms with Crippen molar-refractivity contribution >= 4 is 19.5 Å². The molecule has 0 aromatic rings. The van der Waals surface area contributed by atoms with Crippen molar-refractivity contribution in [3.05, 3.63) is 11.1 Å². The van der Waals surface area contributed by atoms with Gasteiger partial charge >= 0.3 is 104 Å². The molecular weight excluding hydrogens is 283 g/mol. The molecule has 2 heterocycles. The van der Waals surface area contributed by atoms with Gasteiger partial charge in [0.2, 0.25) is 0 Å². The van der Waals surface area contributed by atoms with Gasteiger partial charge in [0.05, 0.1) is 0 Å². The molecule has 0 aromatic heterocycles. The number of fused-ring (bicyclic) bond motifs is 1. The van der Waals surface area contributed by atoms with E-state index in [1.54, 1.807) is 6.08 Å². The second kappa shape index (κ2) is 2.81. The van der Waals surface area contributed by atoms with E-state index in [1.807, 2.05) is 4.97 Å². The predicted molar refractivity (Wildman–Crippen MR) is 64.2 cm³/mol. The van der Waals surface area contributed by atoms with E-state index in [0.29, 0.717) is 16.9 Å². The molecule has 4 unspecified atom stereocenters. The second-order valence-electron chi connectivity index (χ2n) is 6.45. The van der Waals surface area contributed by atoms with Gasteiger partial charge in [-0.05, 0) is 0 Å². The molecule has 0 aromatic carbocycles. The predicted octanol–water partition coefficient (Wildman–Crippen LogP) is 2.31. The molecule has 1 saturated heterocycles. The number of carbonyl (C=O) groups is 1. The van der Waals surface area contributed by atoms with E-state index in [0.717, 1.165) is 11.2 Å². The maximum absolute atomic E-state index is 11.3. The van der Waals surface area contributed by atoms with Crippen LogP contribution in [0.4, 0.5) is 0 Å². The molecular formula is C13H18O3Se. The monoisotopic (exact) mass is 302 g/mol. The molecule has 2 spiro atoms. The van der Waals surface area contributed by atoms with Gasteiger partial charge in [-0.1, -0.05) is 0 Å². The molecule has 4 heteroatoms. The van der Waals surface area contributed by atoms with Gasteiger partial charge < -0.3 is 0 Å². The SMILES string of the molecule is CC1(C)C2CCC13C[Se]1(C=CC(=O)O1)OC3C2. The van der Waals surface area contributed by atoms with E-state index < -0.39 is 13.5 Å². The summed E-state index contributed by atoms with van der Waals surface area (Å²) >= 11 is -2.51. The average molecular weight is 301 g/mol. The van der Waals surface area contributed by atoms with Gasteiger partial charge in [0, 0.05) is 0 Å². The Morgan fingerprint density at radius 1 is 1.47 bits per heavy atom. The fourth-order valence-electron chi connectivity index (χ4n) is 4.55. The summed E-state index contributed by atoms with van der Waals surface area (Å²) in [6.07, 6.45) is 5.71. The molecule has 3 nitrogen and oxygen atoms in total. The molecule has 2 bridgehead atoms. The number of carbonyl (C=O) groups excluding carboxylic acids is 1. The van der Waals surface area contributed by atoms with Gasteiger partial charge in [-0.25, -0.2) is 0 Å². The average Bonchev–Trinajstić information content (AvgIpc) is 2.89. The summed E-state index contributed by atoms with van der Waals surface area (Å²) in [5, 5.41) is 1.01. The molecule has 4 rings (SSSR count). The van der Waals surface area contributed by atoms with Crippen LogP contribution >= 0.6 is 0 Å². The van der Waals surface area contributed by atoms with E-state index >= 15 is 0 Å². The number of hydrogen-bond acceptors (Lipinski definition) is 3. The van der Waals surface area contributed by atoms with Crippen LogP contribution in [0.15, 0.2) is 11.1 Å². The minimum absolute atomic E-state index is 0.186. The molecule has 17 heavy (non-hydrogen) atoms.